The lowest BCUT2D eigenvalue weighted by Crippen LogP contribution is -2.49. The highest BCUT2D eigenvalue weighted by molar-refractivity contribution is 7.99. The van der Waals surface area contributed by atoms with Gasteiger partial charge in [-0.3, -0.25) is 4.90 Å². The van der Waals surface area contributed by atoms with Crippen LogP contribution in [-0.4, -0.2) is 48.1 Å². The van der Waals surface area contributed by atoms with E-state index in [9.17, 15) is 0 Å². The van der Waals surface area contributed by atoms with E-state index in [1.54, 1.807) is 0 Å². The maximum atomic E-state index is 3.59. The van der Waals surface area contributed by atoms with E-state index in [-0.39, 0.29) is 0 Å². The van der Waals surface area contributed by atoms with Gasteiger partial charge in [-0.2, -0.15) is 11.8 Å². The van der Waals surface area contributed by atoms with Crippen molar-refractivity contribution < 1.29 is 0 Å². The van der Waals surface area contributed by atoms with E-state index in [0.717, 1.165) is 12.6 Å². The summed E-state index contributed by atoms with van der Waals surface area (Å²) in [5, 5.41) is 3.59. The summed E-state index contributed by atoms with van der Waals surface area (Å²) in [7, 11) is 0. The molecule has 0 aromatic carbocycles. The van der Waals surface area contributed by atoms with Gasteiger partial charge in [0.1, 0.15) is 0 Å². The number of hydrogen-bond acceptors (Lipinski definition) is 3. The molecule has 0 bridgehead atoms. The van der Waals surface area contributed by atoms with Crippen molar-refractivity contribution in [3.05, 3.63) is 0 Å². The van der Waals surface area contributed by atoms with Crippen LogP contribution in [0.15, 0.2) is 0 Å². The zero-order chi connectivity index (χ0) is 11.8. The first-order valence-corrected chi connectivity index (χ1v) is 7.95. The van der Waals surface area contributed by atoms with Crippen molar-refractivity contribution >= 4 is 11.8 Å². The Morgan fingerprint density at radius 3 is 2.94 bits per heavy atom. The third-order valence-corrected chi connectivity index (χ3v) is 4.57. The van der Waals surface area contributed by atoms with Gasteiger partial charge in [-0.1, -0.05) is 19.8 Å². The highest BCUT2D eigenvalue weighted by atomic mass is 32.2. The Bertz CT molecular complexity index is 175. The zero-order valence-electron chi connectivity index (χ0n) is 11.2. The van der Waals surface area contributed by atoms with Crippen LogP contribution in [0.1, 0.15) is 40.0 Å². The predicted octanol–water partition coefficient (Wildman–Crippen LogP) is 2.59. The van der Waals surface area contributed by atoms with Gasteiger partial charge in [0.2, 0.25) is 0 Å². The Hall–Kier alpha value is 0.270. The molecule has 1 heterocycles. The quantitative estimate of drug-likeness (QED) is 0.693. The van der Waals surface area contributed by atoms with Gasteiger partial charge in [-0.05, 0) is 26.8 Å². The van der Waals surface area contributed by atoms with E-state index in [2.05, 4.69) is 42.7 Å². The largest absolute Gasteiger partial charge is 0.315 e. The second kappa shape index (κ2) is 8.37. The highest BCUT2D eigenvalue weighted by Crippen LogP contribution is 2.17. The van der Waals surface area contributed by atoms with Crippen molar-refractivity contribution in [2.75, 3.05) is 31.1 Å². The topological polar surface area (TPSA) is 15.3 Å². The average Bonchev–Trinajstić information content (AvgIpc) is 2.29. The van der Waals surface area contributed by atoms with Crippen LogP contribution < -0.4 is 5.32 Å². The molecule has 1 fully saturated rings. The van der Waals surface area contributed by atoms with Gasteiger partial charge in [0, 0.05) is 36.7 Å². The maximum absolute atomic E-state index is 3.59. The van der Waals surface area contributed by atoms with Gasteiger partial charge in [-0.25, -0.2) is 0 Å². The molecular formula is C13H28N2S. The van der Waals surface area contributed by atoms with Crippen LogP contribution in [0.4, 0.5) is 0 Å². The Balaban J connectivity index is 2.10. The van der Waals surface area contributed by atoms with Crippen molar-refractivity contribution in [1.29, 1.82) is 0 Å². The van der Waals surface area contributed by atoms with Gasteiger partial charge >= 0.3 is 0 Å². The Morgan fingerprint density at radius 2 is 2.25 bits per heavy atom. The van der Waals surface area contributed by atoms with Crippen molar-refractivity contribution in [2.24, 2.45) is 0 Å². The van der Waals surface area contributed by atoms with Gasteiger partial charge in [0.05, 0.1) is 0 Å². The number of nitrogens with one attached hydrogen (secondary N) is 1. The van der Waals surface area contributed by atoms with E-state index in [4.69, 9.17) is 0 Å². The standard InChI is InChI=1S/C13H28N2S/c1-4-5-6-7-14-10-12(2)15-8-9-16-11-13(15)3/h12-14H,4-11H2,1-3H3. The van der Waals surface area contributed by atoms with Gasteiger partial charge < -0.3 is 5.32 Å². The molecule has 0 aromatic rings. The van der Waals surface area contributed by atoms with E-state index in [1.165, 1.54) is 43.9 Å². The van der Waals surface area contributed by atoms with Crippen LogP contribution in [0.5, 0.6) is 0 Å². The molecule has 0 saturated carbocycles. The molecule has 16 heavy (non-hydrogen) atoms. The molecule has 2 nitrogen and oxygen atoms in total. The molecule has 0 radical (unpaired) electrons. The lowest BCUT2D eigenvalue weighted by atomic mass is 10.2. The summed E-state index contributed by atoms with van der Waals surface area (Å²) >= 11 is 2.10. The van der Waals surface area contributed by atoms with Crippen molar-refractivity contribution in [1.82, 2.24) is 10.2 Å². The first kappa shape index (κ1) is 14.3. The van der Waals surface area contributed by atoms with Crippen LogP contribution in [0, 0.1) is 0 Å². The molecule has 1 N–H and O–H groups in total. The third kappa shape index (κ3) is 5.07. The minimum Gasteiger partial charge on any atom is -0.315 e. The molecule has 2 unspecified atom stereocenters. The van der Waals surface area contributed by atoms with Crippen molar-refractivity contribution in [2.45, 2.75) is 52.1 Å². The molecular weight excluding hydrogens is 216 g/mol. The minimum absolute atomic E-state index is 0.692. The smallest absolute Gasteiger partial charge is 0.0195 e. The van der Waals surface area contributed by atoms with Gasteiger partial charge in [0.25, 0.3) is 0 Å². The summed E-state index contributed by atoms with van der Waals surface area (Å²) < 4.78 is 0. The van der Waals surface area contributed by atoms with Crippen LogP contribution in [-0.2, 0) is 0 Å². The van der Waals surface area contributed by atoms with Crippen molar-refractivity contribution in [3.8, 4) is 0 Å². The van der Waals surface area contributed by atoms with E-state index in [1.807, 2.05) is 0 Å². The first-order chi connectivity index (χ1) is 7.75. The molecule has 96 valence electrons. The molecule has 2 atom stereocenters. The fraction of sp³-hybridized carbons (Fsp3) is 1.00. The molecule has 0 aromatic heterocycles. The zero-order valence-corrected chi connectivity index (χ0v) is 12.0. The second-order valence-corrected chi connectivity index (χ2v) is 6.07. The number of hydrogen-bond donors (Lipinski definition) is 1. The lowest BCUT2D eigenvalue weighted by molar-refractivity contribution is 0.169. The summed E-state index contributed by atoms with van der Waals surface area (Å²) in [5.41, 5.74) is 0. The molecule has 1 aliphatic heterocycles. The fourth-order valence-corrected chi connectivity index (χ4v) is 3.36. The monoisotopic (exact) mass is 244 g/mol. The molecule has 0 amide bonds. The molecule has 0 spiro atoms. The minimum atomic E-state index is 0.692. The molecule has 1 aliphatic rings. The van der Waals surface area contributed by atoms with E-state index < -0.39 is 0 Å². The van der Waals surface area contributed by atoms with Gasteiger partial charge in [-0.15, -0.1) is 0 Å². The van der Waals surface area contributed by atoms with Crippen LogP contribution in [0.2, 0.25) is 0 Å². The summed E-state index contributed by atoms with van der Waals surface area (Å²) in [6, 6.07) is 1.45. The summed E-state index contributed by atoms with van der Waals surface area (Å²) in [4.78, 5) is 2.66. The molecule has 1 saturated heterocycles. The number of nitrogens with zero attached hydrogens (tertiary/aromatic N) is 1. The average molecular weight is 244 g/mol. The summed E-state index contributed by atoms with van der Waals surface area (Å²) in [6.07, 6.45) is 4.00. The van der Waals surface area contributed by atoms with E-state index >= 15 is 0 Å². The van der Waals surface area contributed by atoms with Crippen LogP contribution >= 0.6 is 11.8 Å². The Morgan fingerprint density at radius 1 is 1.44 bits per heavy atom. The summed E-state index contributed by atoms with van der Waals surface area (Å²) in [5.74, 6) is 2.62. The lowest BCUT2D eigenvalue weighted by Gasteiger charge is -2.37. The van der Waals surface area contributed by atoms with Gasteiger partial charge in [0.15, 0.2) is 0 Å². The SMILES string of the molecule is CCCCCNCC(C)N1CCSCC1C. The first-order valence-electron chi connectivity index (χ1n) is 6.80. The normalized spacial score (nSPS) is 24.6. The molecule has 3 heteroatoms. The number of rotatable bonds is 7. The Labute approximate surface area is 106 Å². The Kier molecular flexibility index (Phi) is 7.50. The van der Waals surface area contributed by atoms with Crippen LogP contribution in [0.25, 0.3) is 0 Å². The maximum Gasteiger partial charge on any atom is 0.0195 e. The molecule has 0 aliphatic carbocycles. The predicted molar refractivity (Wildman–Crippen MR) is 75.3 cm³/mol. The van der Waals surface area contributed by atoms with E-state index in [0.29, 0.717) is 6.04 Å². The fourth-order valence-electron chi connectivity index (χ4n) is 2.32. The highest BCUT2D eigenvalue weighted by Gasteiger charge is 2.22. The van der Waals surface area contributed by atoms with Crippen molar-refractivity contribution in [3.63, 3.8) is 0 Å². The summed E-state index contributed by atoms with van der Waals surface area (Å²) in [6.45, 7) is 10.6. The van der Waals surface area contributed by atoms with Crippen LogP contribution in [0.3, 0.4) is 0 Å². The number of thioether (sulfide) groups is 1. The number of unbranched alkanes of at least 4 members (excludes halogenated alkanes) is 2. The third-order valence-electron chi connectivity index (χ3n) is 3.38. The molecule has 1 rings (SSSR count). The second-order valence-electron chi connectivity index (χ2n) is 4.92.